The zero-order chi connectivity index (χ0) is 44.2. The highest BCUT2D eigenvalue weighted by Crippen LogP contribution is 2.50. The van der Waals surface area contributed by atoms with Crippen LogP contribution in [0, 0.1) is 6.92 Å². The summed E-state index contributed by atoms with van der Waals surface area (Å²) in [4.78, 5) is 7.53. The van der Waals surface area contributed by atoms with E-state index in [1.165, 1.54) is 16.7 Å². The molecular weight excluding hydrogens is 811 g/mol. The fraction of sp³-hybridized carbons (Fsp3) is 0.458. The van der Waals surface area contributed by atoms with Gasteiger partial charge in [-0.15, -0.1) is 0 Å². The molecule has 61 heavy (non-hydrogen) atoms. The smallest absolute Gasteiger partial charge is 0.327 e. The Hall–Kier alpha value is -4.08. The monoisotopic (exact) mass is 874 g/mol. The standard InChI is InChI=1S/C48H63N3O8S2/c1-7-8-25-50-33-39(61(56,57)58)32-41-46(50)49-43(47(41,3)4)23-20-35-15-13-16-36(45(35)37-17-14-18-38(31-37)59-28-11-10-27-52)21-24-44-48(5,6)40-30-34(2)19-22-42(40)51(44)26-9-12-29-60(53,54)55/h14,17-24,30-33,52H,7-13,15-16,25-29H2,1-6H3,(H3-,53,54,55,56,57,58)/p+1. The Balaban J connectivity index is 1.44. The van der Waals surface area contributed by atoms with Gasteiger partial charge in [0.05, 0.1) is 29.9 Å². The largest absolute Gasteiger partial charge is 0.494 e. The number of allylic oxidation sites excluding steroid dienone is 8. The van der Waals surface area contributed by atoms with E-state index < -0.39 is 26.4 Å². The molecule has 0 saturated heterocycles. The first-order valence-corrected chi connectivity index (χ1v) is 24.6. The lowest BCUT2D eigenvalue weighted by molar-refractivity contribution is -0.686. The topological polar surface area (TPSA) is 164 Å². The molecule has 0 unspecified atom stereocenters. The van der Waals surface area contributed by atoms with Crippen LogP contribution in [0.15, 0.2) is 106 Å². The van der Waals surface area contributed by atoms with Crippen LogP contribution in [0.4, 0.5) is 11.5 Å². The van der Waals surface area contributed by atoms with Crippen molar-refractivity contribution in [1.29, 1.82) is 0 Å². The highest BCUT2D eigenvalue weighted by atomic mass is 32.3. The Bertz CT molecular complexity index is 2370. The highest BCUT2D eigenvalue weighted by Gasteiger charge is 2.44. The number of aromatic nitrogens is 1. The minimum atomic E-state index is -4.05. The number of aliphatic imine (C=N–C) groups is 1. The molecule has 1 aromatic heterocycles. The van der Waals surface area contributed by atoms with Gasteiger partial charge in [-0.05, 0) is 141 Å². The molecule has 0 saturated carbocycles. The normalized spacial score (nSPS) is 18.9. The number of anilines is 1. The minimum Gasteiger partial charge on any atom is -0.494 e. The average molecular weight is 875 g/mol. The molecule has 0 amide bonds. The van der Waals surface area contributed by atoms with Gasteiger partial charge in [0.1, 0.15) is 27.7 Å². The van der Waals surface area contributed by atoms with E-state index in [1.807, 2.05) is 16.7 Å². The maximum atomic E-state index is 11.5. The summed E-state index contributed by atoms with van der Waals surface area (Å²) >= 11 is 0. The second-order valence-electron chi connectivity index (χ2n) is 17.5. The van der Waals surface area contributed by atoms with Gasteiger partial charge < -0.3 is 28.4 Å². The minimum absolute atomic E-state index is 0.0795. The summed E-state index contributed by atoms with van der Waals surface area (Å²) in [5.41, 5.74) is 9.82. The third-order valence-corrected chi connectivity index (χ3v) is 13.8. The molecule has 2 aliphatic heterocycles. The van der Waals surface area contributed by atoms with Crippen molar-refractivity contribution < 1.29 is 41.0 Å². The molecule has 3 heterocycles. The number of pyridine rings is 1. The van der Waals surface area contributed by atoms with Crippen LogP contribution in [0.3, 0.4) is 0 Å². The van der Waals surface area contributed by atoms with Gasteiger partial charge in [-0.2, -0.15) is 8.42 Å². The molecule has 5 N–H and O–H groups in total. The van der Waals surface area contributed by atoms with Crippen LogP contribution in [0.2, 0.25) is 0 Å². The predicted molar refractivity (Wildman–Crippen MR) is 247 cm³/mol. The number of benzene rings is 2. The summed E-state index contributed by atoms with van der Waals surface area (Å²) in [6.07, 6.45) is 17.1. The third-order valence-electron chi connectivity index (χ3n) is 12.1. The lowest BCUT2D eigenvalue weighted by atomic mass is 9.80. The number of aliphatic hydroxyl groups is 1. The fourth-order valence-electron chi connectivity index (χ4n) is 8.70. The van der Waals surface area contributed by atoms with Gasteiger partial charge in [0.15, 0.2) is 5.71 Å². The van der Waals surface area contributed by atoms with Crippen LogP contribution in [0.1, 0.15) is 115 Å². The Labute approximate surface area is 364 Å². The lowest BCUT2D eigenvalue weighted by Crippen LogP contribution is -2.36. The number of aryl methyl sites for hydroxylation is 2. The number of aliphatic hydroxyl groups excluding tert-OH is 1. The van der Waals surface area contributed by atoms with Gasteiger partial charge in [-0.1, -0.05) is 69.2 Å². The first-order chi connectivity index (χ1) is 28.8. The SMILES string of the molecule is CCCC[n+]1cc(S(O)(O)O)cc2c1N=C(/C=C/C1=C(c3cccc(OCCCCO)c3)C(=C/C=C3/N(CCCCS(=O)(=O)O)c4ccc(C)cc4C3(C)C)/CCC1)C2(C)C. The number of nitrogens with zero attached hydrogens (tertiary/aromatic N) is 3. The number of rotatable bonds is 18. The Kier molecular flexibility index (Phi) is 14.6. The molecular formula is C48H64N3O8S2+. The molecule has 13 heteroatoms. The highest BCUT2D eigenvalue weighted by molar-refractivity contribution is 8.19. The van der Waals surface area contributed by atoms with Crippen LogP contribution in [-0.4, -0.2) is 63.0 Å². The van der Waals surface area contributed by atoms with E-state index >= 15 is 0 Å². The van der Waals surface area contributed by atoms with E-state index in [9.17, 15) is 31.7 Å². The predicted octanol–water partition coefficient (Wildman–Crippen LogP) is 10.7. The Morgan fingerprint density at radius 2 is 1.67 bits per heavy atom. The number of hydrogen-bond acceptors (Lipinski definition) is 9. The van der Waals surface area contributed by atoms with E-state index in [2.05, 4.69) is 101 Å². The van der Waals surface area contributed by atoms with E-state index in [1.54, 1.807) is 12.3 Å². The van der Waals surface area contributed by atoms with E-state index in [4.69, 9.17) is 9.73 Å². The second kappa shape index (κ2) is 19.1. The molecule has 330 valence electrons. The van der Waals surface area contributed by atoms with Crippen molar-refractivity contribution in [2.24, 2.45) is 4.99 Å². The van der Waals surface area contributed by atoms with E-state index in [-0.39, 0.29) is 22.7 Å². The van der Waals surface area contributed by atoms with Crippen molar-refractivity contribution in [2.75, 3.05) is 30.4 Å². The molecule has 0 bridgehead atoms. The summed E-state index contributed by atoms with van der Waals surface area (Å²) in [5.74, 6) is 1.24. The summed E-state index contributed by atoms with van der Waals surface area (Å²) in [7, 11) is -7.99. The molecule has 0 spiro atoms. The molecule has 2 aromatic carbocycles. The van der Waals surface area contributed by atoms with Crippen LogP contribution in [0.5, 0.6) is 5.75 Å². The van der Waals surface area contributed by atoms with Gasteiger partial charge in [0, 0.05) is 30.0 Å². The maximum absolute atomic E-state index is 11.5. The molecule has 1 aliphatic carbocycles. The Morgan fingerprint density at radius 3 is 2.39 bits per heavy atom. The first-order valence-electron chi connectivity index (χ1n) is 21.5. The molecule has 0 fully saturated rings. The zero-order valence-corrected chi connectivity index (χ0v) is 38.2. The molecule has 0 radical (unpaired) electrons. The van der Waals surface area contributed by atoms with E-state index in [0.717, 1.165) is 89.5 Å². The van der Waals surface area contributed by atoms with Crippen LogP contribution < -0.4 is 14.2 Å². The van der Waals surface area contributed by atoms with E-state index in [0.29, 0.717) is 39.0 Å². The third kappa shape index (κ3) is 10.8. The summed E-state index contributed by atoms with van der Waals surface area (Å²) in [6.45, 7) is 14.7. The number of fused-ring (bicyclic) bond motifs is 2. The van der Waals surface area contributed by atoms with Gasteiger partial charge in [-0.25, -0.2) is 4.57 Å². The van der Waals surface area contributed by atoms with Crippen molar-refractivity contribution in [3.8, 4) is 5.75 Å². The zero-order valence-electron chi connectivity index (χ0n) is 36.5. The summed E-state index contributed by atoms with van der Waals surface area (Å²) in [6, 6.07) is 16.4. The first kappa shape index (κ1) is 46.4. The number of ether oxygens (including phenoxy) is 1. The molecule has 3 aromatic rings. The fourth-order valence-corrected chi connectivity index (χ4v) is 9.82. The van der Waals surface area contributed by atoms with Crippen LogP contribution >= 0.6 is 10.9 Å². The van der Waals surface area contributed by atoms with Crippen molar-refractivity contribution in [3.63, 3.8) is 0 Å². The van der Waals surface area contributed by atoms with Crippen LogP contribution in [-0.2, 0) is 27.5 Å². The van der Waals surface area contributed by atoms with Gasteiger partial charge in [-0.3, -0.25) is 4.55 Å². The average Bonchev–Trinajstić information content (AvgIpc) is 3.58. The lowest BCUT2D eigenvalue weighted by Gasteiger charge is -2.28. The molecule has 0 atom stereocenters. The van der Waals surface area contributed by atoms with Crippen molar-refractivity contribution in [1.82, 2.24) is 0 Å². The van der Waals surface area contributed by atoms with Crippen molar-refractivity contribution >= 4 is 43.8 Å². The summed E-state index contributed by atoms with van der Waals surface area (Å²) in [5, 5.41) is 9.31. The van der Waals surface area contributed by atoms with Gasteiger partial charge in [0.2, 0.25) is 0 Å². The van der Waals surface area contributed by atoms with Gasteiger partial charge in [0.25, 0.3) is 10.1 Å². The molecule has 6 rings (SSSR count). The summed E-state index contributed by atoms with van der Waals surface area (Å²) < 4.78 is 71.4. The number of unbranched alkanes of at least 4 members (excludes halogenated alkanes) is 3. The van der Waals surface area contributed by atoms with Gasteiger partial charge >= 0.3 is 5.82 Å². The second-order valence-corrected chi connectivity index (χ2v) is 20.6. The Morgan fingerprint density at radius 1 is 0.885 bits per heavy atom. The quantitative estimate of drug-likeness (QED) is 0.0475. The molecule has 3 aliphatic rings. The molecule has 11 nitrogen and oxygen atoms in total. The van der Waals surface area contributed by atoms with Crippen molar-refractivity contribution in [3.05, 3.63) is 118 Å². The maximum Gasteiger partial charge on any atom is 0.327 e. The number of hydrogen-bond donors (Lipinski definition) is 5. The van der Waals surface area contributed by atoms with Crippen molar-refractivity contribution in [2.45, 2.75) is 122 Å². The van der Waals surface area contributed by atoms with Crippen LogP contribution in [0.25, 0.3) is 5.57 Å².